The highest BCUT2D eigenvalue weighted by molar-refractivity contribution is 6.10. The minimum absolute atomic E-state index is 0.00742. The van der Waals surface area contributed by atoms with Gasteiger partial charge in [0.05, 0.1) is 81.6 Å². The van der Waals surface area contributed by atoms with Gasteiger partial charge in [-0.15, -0.1) is 0 Å². The van der Waals surface area contributed by atoms with Gasteiger partial charge in [-0.2, -0.15) is 0 Å². The van der Waals surface area contributed by atoms with Gasteiger partial charge in [-0.3, -0.25) is 48.5 Å². The average molecular weight is 1220 g/mol. The highest BCUT2D eigenvalue weighted by atomic mass is 16.6. The van der Waals surface area contributed by atoms with Gasteiger partial charge in [0.2, 0.25) is 0 Å². The van der Waals surface area contributed by atoms with Crippen molar-refractivity contribution in [3.8, 4) is 0 Å². The van der Waals surface area contributed by atoms with Crippen molar-refractivity contribution in [2.24, 2.45) is 54.4 Å². The lowest BCUT2D eigenvalue weighted by Gasteiger charge is -2.48. The molecule has 0 spiro atoms. The van der Waals surface area contributed by atoms with E-state index in [-0.39, 0.29) is 109 Å². The molecule has 0 aromatic carbocycles. The van der Waals surface area contributed by atoms with Crippen molar-refractivity contribution in [2.45, 2.75) is 262 Å². The highest BCUT2D eigenvalue weighted by Gasteiger charge is 2.70. The van der Waals surface area contributed by atoms with Crippen LogP contribution in [0.3, 0.4) is 0 Å². The minimum Gasteiger partial charge on any atom is -0.466 e. The number of unbranched alkanes of at least 4 members (excludes halogenated alkanes) is 6. The summed E-state index contributed by atoms with van der Waals surface area (Å²) in [5.74, 6) is -4.73. The number of hydrogen-bond donors (Lipinski definition) is 1. The second kappa shape index (κ2) is 30.7. The molecule has 1 unspecified atom stereocenters. The van der Waals surface area contributed by atoms with Crippen LogP contribution < -0.4 is 5.32 Å². The van der Waals surface area contributed by atoms with Crippen molar-refractivity contribution >= 4 is 58.9 Å². The van der Waals surface area contributed by atoms with E-state index in [1.165, 1.54) is 0 Å². The third-order valence-corrected chi connectivity index (χ3v) is 20.3. The largest absolute Gasteiger partial charge is 0.466 e. The number of nitrogens with one attached hydrogen (secondary N) is 1. The summed E-state index contributed by atoms with van der Waals surface area (Å²) < 4.78 is 42.0. The van der Waals surface area contributed by atoms with Gasteiger partial charge in [-0.05, 0) is 103 Å². The van der Waals surface area contributed by atoms with Gasteiger partial charge in [0.15, 0.2) is 5.60 Å². The second-order valence-corrected chi connectivity index (χ2v) is 26.7. The Kier molecular flexibility index (Phi) is 24.8. The van der Waals surface area contributed by atoms with E-state index < -0.39 is 86.4 Å². The summed E-state index contributed by atoms with van der Waals surface area (Å²) >= 11 is 0. The van der Waals surface area contributed by atoms with Crippen LogP contribution in [-0.4, -0.2) is 116 Å². The maximum Gasteiger partial charge on any atom is 0.307 e. The molecule has 0 aliphatic carbocycles. The monoisotopic (exact) mass is 1210 g/mol. The normalized spacial score (nSPS) is 29.3. The molecule has 9 atom stereocenters. The SMILES string of the molecule is CCCCOC(=O)CC[C@@H]1C2=C(C)C3=NC([C@H](CC(=O)OCCCC)[C@@]3(C)CCC(=O)OCCCC)[C@]3(C)N=C(/C(C)=C4\NC(=CC(=N2)C1(C)C)[C@]1(CCC(=O)OCCCC)OC(=O)C[C@]41C)[C@@H](CCC(=O)OCCCC)[C@]3(C)CC(=O)OCCCC. The van der Waals surface area contributed by atoms with Gasteiger partial charge in [-0.1, -0.05) is 108 Å². The maximum atomic E-state index is 14.9. The summed E-state index contributed by atoms with van der Waals surface area (Å²) in [6.45, 7) is 29.8. The van der Waals surface area contributed by atoms with Crippen molar-refractivity contribution in [3.63, 3.8) is 0 Å². The Hall–Kier alpha value is -5.68. The van der Waals surface area contributed by atoms with Gasteiger partial charge >= 0.3 is 41.8 Å². The molecular formula is C69H106N4O14. The Bertz CT molecular complexity index is 2720. The molecule has 0 amide bonds. The van der Waals surface area contributed by atoms with Crippen LogP contribution in [0, 0.1) is 39.4 Å². The van der Waals surface area contributed by atoms with Crippen LogP contribution in [0.4, 0.5) is 0 Å². The summed E-state index contributed by atoms with van der Waals surface area (Å²) in [6, 6.07) is -0.893. The summed E-state index contributed by atoms with van der Waals surface area (Å²) in [7, 11) is 0. The van der Waals surface area contributed by atoms with Gasteiger partial charge in [0, 0.05) is 94.6 Å². The fourth-order valence-corrected chi connectivity index (χ4v) is 14.5. The van der Waals surface area contributed by atoms with E-state index in [0.717, 1.165) is 44.9 Å². The highest BCUT2D eigenvalue weighted by Crippen LogP contribution is 2.64. The molecular weight excluding hydrogens is 1110 g/mol. The topological polar surface area (TPSA) is 233 Å². The summed E-state index contributed by atoms with van der Waals surface area (Å²) in [4.78, 5) is 117. The molecule has 18 nitrogen and oxygen atoms in total. The molecule has 486 valence electrons. The van der Waals surface area contributed by atoms with Crippen molar-refractivity contribution in [2.75, 3.05) is 39.6 Å². The Morgan fingerprint density at radius 3 is 1.56 bits per heavy atom. The van der Waals surface area contributed by atoms with E-state index in [1.54, 1.807) is 0 Å². The van der Waals surface area contributed by atoms with E-state index in [4.69, 9.17) is 48.1 Å². The van der Waals surface area contributed by atoms with Crippen LogP contribution in [0.15, 0.2) is 49.3 Å². The molecule has 1 N–H and O–H groups in total. The lowest BCUT2D eigenvalue weighted by molar-refractivity contribution is -0.152. The van der Waals surface area contributed by atoms with Gasteiger partial charge in [-0.25, -0.2) is 0 Å². The molecule has 2 saturated heterocycles. The average Bonchev–Trinajstić information content (AvgIpc) is 1.54. The van der Waals surface area contributed by atoms with Gasteiger partial charge in [0.1, 0.15) is 0 Å². The molecule has 6 aliphatic rings. The van der Waals surface area contributed by atoms with Crippen LogP contribution in [0.2, 0.25) is 0 Å². The van der Waals surface area contributed by atoms with Crippen LogP contribution in [0.1, 0.15) is 245 Å². The number of carbonyl (C=O) groups excluding carboxylic acids is 7. The number of aliphatic imine (C=N–C) groups is 3. The van der Waals surface area contributed by atoms with E-state index >= 15 is 0 Å². The summed E-state index contributed by atoms with van der Waals surface area (Å²) in [5, 5.41) is 3.83. The molecule has 18 heteroatoms. The predicted octanol–water partition coefficient (Wildman–Crippen LogP) is 13.1. The minimum atomic E-state index is -1.45. The standard InChI is InChI=1S/C69H106N4O14/c1-15-21-35-81-52(74)29-27-47-59-45(7)61-65(11,33-31-54(76)83-37-23-17-3)49(41-56(78)85-39-25-19-5)63(72-61)68(14)66(12,43-57(79)86-40-26-20-6)48(28-30-53(75)82-36-22-16-2)60(73-68)46(8)62-67(13)44-58(80)87-69(67,34-32-55(77)84-38-24-18-4)51(71-62)42-50(70-59)64(47,9)10/h42,47-49,63,71H,15-41,43-44H2,1-14H3/b51-42?,59-45?,62-46-/t47-,48-,49+,63?,65-,66+,67-,68+,69+/m1/s1. The third-order valence-electron chi connectivity index (χ3n) is 20.3. The lowest BCUT2D eigenvalue weighted by atomic mass is 9.55. The van der Waals surface area contributed by atoms with Crippen molar-refractivity contribution in [1.82, 2.24) is 5.32 Å². The van der Waals surface area contributed by atoms with Crippen LogP contribution in [0.25, 0.3) is 0 Å². The zero-order valence-corrected chi connectivity index (χ0v) is 55.4. The van der Waals surface area contributed by atoms with E-state index in [9.17, 15) is 33.6 Å². The molecule has 8 bridgehead atoms. The van der Waals surface area contributed by atoms with Gasteiger partial charge in [0.25, 0.3) is 0 Å². The second-order valence-electron chi connectivity index (χ2n) is 26.7. The number of carbonyl (C=O) groups is 7. The quantitative estimate of drug-likeness (QED) is 0.0358. The van der Waals surface area contributed by atoms with E-state index in [1.807, 2.05) is 82.2 Å². The maximum absolute atomic E-state index is 14.9. The molecule has 6 heterocycles. The Morgan fingerprint density at radius 2 is 1.06 bits per heavy atom. The zero-order valence-electron chi connectivity index (χ0n) is 55.4. The smallest absolute Gasteiger partial charge is 0.307 e. The molecule has 0 radical (unpaired) electrons. The Labute approximate surface area is 519 Å². The first-order valence-electron chi connectivity index (χ1n) is 33.2. The van der Waals surface area contributed by atoms with Crippen molar-refractivity contribution < 1.29 is 66.7 Å². The first-order chi connectivity index (χ1) is 41.3. The van der Waals surface area contributed by atoms with Crippen LogP contribution in [0.5, 0.6) is 0 Å². The molecule has 0 saturated carbocycles. The van der Waals surface area contributed by atoms with E-state index in [2.05, 4.69) is 26.1 Å². The molecule has 87 heavy (non-hydrogen) atoms. The van der Waals surface area contributed by atoms with Crippen LogP contribution >= 0.6 is 0 Å². The molecule has 6 rings (SSSR count). The number of rotatable bonds is 34. The molecule has 6 aliphatic heterocycles. The first-order valence-corrected chi connectivity index (χ1v) is 33.2. The number of ether oxygens (including phenoxy) is 7. The van der Waals surface area contributed by atoms with Crippen molar-refractivity contribution in [3.05, 3.63) is 34.3 Å². The fourth-order valence-electron chi connectivity index (χ4n) is 14.5. The van der Waals surface area contributed by atoms with Crippen molar-refractivity contribution in [1.29, 1.82) is 0 Å². The Balaban J connectivity index is 1.76. The van der Waals surface area contributed by atoms with Crippen LogP contribution in [-0.2, 0) is 66.7 Å². The zero-order chi connectivity index (χ0) is 64.0. The number of hydrogen-bond acceptors (Lipinski definition) is 18. The first kappa shape index (κ1) is 70.4. The summed E-state index contributed by atoms with van der Waals surface area (Å²) in [5.41, 5.74) is -2.18. The molecule has 0 aromatic heterocycles. The molecule has 0 aromatic rings. The third kappa shape index (κ3) is 15.2. The Morgan fingerprint density at radius 1 is 0.598 bits per heavy atom. The molecule has 2 fully saturated rings. The number of allylic oxidation sites excluding steroid dienone is 4. The number of fused-ring (bicyclic) bond motifs is 9. The lowest BCUT2D eigenvalue weighted by Crippen LogP contribution is -2.55. The number of esters is 7. The predicted molar refractivity (Wildman–Crippen MR) is 335 cm³/mol. The number of nitrogens with zero attached hydrogens (tertiary/aromatic N) is 3. The van der Waals surface area contributed by atoms with E-state index in [0.29, 0.717) is 90.5 Å². The fraction of sp³-hybridized carbons (Fsp3) is 0.768. The van der Waals surface area contributed by atoms with Gasteiger partial charge < -0.3 is 38.5 Å². The summed E-state index contributed by atoms with van der Waals surface area (Å²) in [6.07, 6.45) is 11.4.